The maximum absolute atomic E-state index is 11.8. The molecule has 2 aromatic carbocycles. The molecule has 0 aliphatic carbocycles. The number of carbonyl (C=O) groups excluding carboxylic acids is 3. The first-order valence-corrected chi connectivity index (χ1v) is 8.80. The Hall–Kier alpha value is -4.03. The molecule has 12 nitrogen and oxygen atoms in total. The SMILES string of the molecule is O=C1NC(=O)C(=Cc2cc(Cl)c(Oc3ccc([N+](=O)[O-])cc3[N+](=O)[O-])c(Cl)c2)C(=O)N1. The zero-order chi connectivity index (χ0) is 22.9. The molecule has 0 bridgehead atoms. The van der Waals surface area contributed by atoms with E-state index in [4.69, 9.17) is 27.9 Å². The molecule has 0 atom stereocenters. The molecule has 0 spiro atoms. The van der Waals surface area contributed by atoms with Crippen LogP contribution in [0.15, 0.2) is 35.9 Å². The molecule has 31 heavy (non-hydrogen) atoms. The molecule has 2 aromatic rings. The van der Waals surface area contributed by atoms with Gasteiger partial charge in [-0.25, -0.2) is 4.79 Å². The summed E-state index contributed by atoms with van der Waals surface area (Å²) < 4.78 is 5.42. The highest BCUT2D eigenvalue weighted by Gasteiger charge is 2.28. The highest BCUT2D eigenvalue weighted by molar-refractivity contribution is 6.37. The third-order valence-corrected chi connectivity index (χ3v) is 4.40. The number of ether oxygens (including phenoxy) is 1. The van der Waals surface area contributed by atoms with Gasteiger partial charge >= 0.3 is 11.7 Å². The highest BCUT2D eigenvalue weighted by Crippen LogP contribution is 2.41. The van der Waals surface area contributed by atoms with Gasteiger partial charge in [-0.1, -0.05) is 23.2 Å². The molecular formula is C17H8Cl2N4O8. The minimum atomic E-state index is -0.961. The maximum Gasteiger partial charge on any atom is 0.328 e. The van der Waals surface area contributed by atoms with Crippen LogP contribution in [0.25, 0.3) is 6.08 Å². The standard InChI is InChI=1S/C17H8Cl2N4O8/c18-10-4-7(3-9-15(24)20-17(26)21-16(9)25)5-11(19)14(10)31-13-2-1-8(22(27)28)6-12(13)23(29)30/h1-6H,(H2,20,21,24,25,26). The van der Waals surface area contributed by atoms with E-state index in [-0.39, 0.29) is 32.7 Å². The van der Waals surface area contributed by atoms with E-state index in [0.717, 1.165) is 24.3 Å². The maximum atomic E-state index is 11.8. The van der Waals surface area contributed by atoms with Crippen molar-refractivity contribution in [1.82, 2.24) is 10.6 Å². The number of barbiturate groups is 1. The van der Waals surface area contributed by atoms with Crippen molar-refractivity contribution in [2.45, 2.75) is 0 Å². The van der Waals surface area contributed by atoms with Crippen LogP contribution >= 0.6 is 23.2 Å². The van der Waals surface area contributed by atoms with Gasteiger partial charge in [0.1, 0.15) is 5.57 Å². The largest absolute Gasteiger partial charge is 0.447 e. The van der Waals surface area contributed by atoms with Gasteiger partial charge in [0, 0.05) is 6.07 Å². The molecule has 3 rings (SSSR count). The predicted molar refractivity (Wildman–Crippen MR) is 106 cm³/mol. The van der Waals surface area contributed by atoms with E-state index < -0.39 is 39.1 Å². The lowest BCUT2D eigenvalue weighted by Gasteiger charge is -2.14. The first-order chi connectivity index (χ1) is 14.6. The van der Waals surface area contributed by atoms with Gasteiger partial charge in [0.05, 0.1) is 26.0 Å². The third kappa shape index (κ3) is 4.60. The topological polar surface area (TPSA) is 171 Å². The van der Waals surface area contributed by atoms with Crippen LogP contribution in [-0.4, -0.2) is 27.7 Å². The zero-order valence-corrected chi connectivity index (χ0v) is 16.4. The quantitative estimate of drug-likeness (QED) is 0.292. The van der Waals surface area contributed by atoms with E-state index in [1.165, 1.54) is 12.1 Å². The normalized spacial score (nSPS) is 13.4. The summed E-state index contributed by atoms with van der Waals surface area (Å²) in [6, 6.07) is 4.29. The Morgan fingerprint density at radius 2 is 1.48 bits per heavy atom. The van der Waals surface area contributed by atoms with Crippen molar-refractivity contribution in [3.8, 4) is 11.5 Å². The number of nitrogens with one attached hydrogen (secondary N) is 2. The average molecular weight is 467 g/mol. The predicted octanol–water partition coefficient (Wildman–Crippen LogP) is 3.35. The zero-order valence-electron chi connectivity index (χ0n) is 14.9. The van der Waals surface area contributed by atoms with Gasteiger partial charge in [-0.3, -0.25) is 40.5 Å². The van der Waals surface area contributed by atoms with E-state index in [1.807, 2.05) is 10.6 Å². The minimum Gasteiger partial charge on any atom is -0.447 e. The second-order valence-electron chi connectivity index (χ2n) is 5.88. The van der Waals surface area contributed by atoms with Crippen molar-refractivity contribution in [3.63, 3.8) is 0 Å². The number of rotatable bonds is 5. The average Bonchev–Trinajstić information content (AvgIpc) is 2.67. The van der Waals surface area contributed by atoms with E-state index in [1.54, 1.807) is 0 Å². The number of benzene rings is 2. The number of nitrogens with zero attached hydrogens (tertiary/aromatic N) is 2. The Kier molecular flexibility index (Phi) is 5.86. The Morgan fingerprint density at radius 1 is 0.903 bits per heavy atom. The van der Waals surface area contributed by atoms with Crippen LogP contribution in [0.5, 0.6) is 11.5 Å². The highest BCUT2D eigenvalue weighted by atomic mass is 35.5. The molecule has 14 heteroatoms. The van der Waals surface area contributed by atoms with Gasteiger partial charge in [0.25, 0.3) is 17.5 Å². The summed E-state index contributed by atoms with van der Waals surface area (Å²) in [6.45, 7) is 0. The molecule has 158 valence electrons. The monoisotopic (exact) mass is 466 g/mol. The van der Waals surface area contributed by atoms with E-state index in [0.29, 0.717) is 0 Å². The fraction of sp³-hybridized carbons (Fsp3) is 0. The van der Waals surface area contributed by atoms with E-state index >= 15 is 0 Å². The second kappa shape index (κ2) is 8.38. The molecule has 1 aliphatic heterocycles. The molecule has 0 aromatic heterocycles. The van der Waals surface area contributed by atoms with E-state index in [2.05, 4.69) is 0 Å². The van der Waals surface area contributed by atoms with Crippen LogP contribution in [0.3, 0.4) is 0 Å². The van der Waals surface area contributed by atoms with Crippen LogP contribution in [-0.2, 0) is 9.59 Å². The third-order valence-electron chi connectivity index (χ3n) is 3.84. The first kappa shape index (κ1) is 21.7. The molecule has 4 amide bonds. The molecule has 0 saturated carbocycles. The lowest BCUT2D eigenvalue weighted by molar-refractivity contribution is -0.394. The number of imide groups is 2. The van der Waals surface area contributed by atoms with Gasteiger partial charge in [0.15, 0.2) is 5.75 Å². The molecule has 1 fully saturated rings. The Balaban J connectivity index is 1.97. The van der Waals surface area contributed by atoms with Gasteiger partial charge in [0.2, 0.25) is 5.75 Å². The van der Waals surface area contributed by atoms with Crippen molar-refractivity contribution in [2.75, 3.05) is 0 Å². The fourth-order valence-corrected chi connectivity index (χ4v) is 3.07. The summed E-state index contributed by atoms with van der Waals surface area (Å²) >= 11 is 12.3. The van der Waals surface area contributed by atoms with Crippen LogP contribution in [0.4, 0.5) is 16.2 Å². The smallest absolute Gasteiger partial charge is 0.328 e. The van der Waals surface area contributed by atoms with Crippen molar-refractivity contribution in [2.24, 2.45) is 0 Å². The number of hydrogen-bond acceptors (Lipinski definition) is 8. The molecular weight excluding hydrogens is 459 g/mol. The van der Waals surface area contributed by atoms with Crippen LogP contribution in [0.1, 0.15) is 5.56 Å². The Labute approximate surface area is 181 Å². The summed E-state index contributed by atoms with van der Waals surface area (Å²) in [7, 11) is 0. The summed E-state index contributed by atoms with van der Waals surface area (Å²) in [5.41, 5.74) is -1.39. The van der Waals surface area contributed by atoms with Crippen molar-refractivity contribution in [1.29, 1.82) is 0 Å². The summed E-state index contributed by atoms with van der Waals surface area (Å²) in [6.07, 6.45) is 1.12. The Morgan fingerprint density at radius 3 is 2.00 bits per heavy atom. The lowest BCUT2D eigenvalue weighted by atomic mass is 10.1. The Bertz CT molecular complexity index is 1170. The summed E-state index contributed by atoms with van der Waals surface area (Å²) in [4.78, 5) is 55.1. The number of non-ortho nitro benzene ring substituents is 1. The van der Waals surface area contributed by atoms with Crippen LogP contribution in [0, 0.1) is 20.2 Å². The number of hydrogen-bond donors (Lipinski definition) is 2. The molecule has 0 radical (unpaired) electrons. The number of amides is 4. The number of halogens is 2. The minimum absolute atomic E-state index is 0.139. The number of nitro groups is 2. The summed E-state index contributed by atoms with van der Waals surface area (Å²) in [5.74, 6) is -2.41. The molecule has 1 saturated heterocycles. The number of carbonyl (C=O) groups is 3. The summed E-state index contributed by atoms with van der Waals surface area (Å²) in [5, 5.41) is 25.6. The number of urea groups is 1. The number of nitro benzene ring substituents is 2. The van der Waals surface area contributed by atoms with Gasteiger partial charge in [-0.15, -0.1) is 0 Å². The van der Waals surface area contributed by atoms with Crippen molar-refractivity contribution < 1.29 is 29.0 Å². The van der Waals surface area contributed by atoms with Gasteiger partial charge < -0.3 is 4.74 Å². The lowest BCUT2D eigenvalue weighted by Crippen LogP contribution is -2.51. The molecule has 0 unspecified atom stereocenters. The van der Waals surface area contributed by atoms with E-state index in [9.17, 15) is 34.6 Å². The second-order valence-corrected chi connectivity index (χ2v) is 6.69. The molecule has 2 N–H and O–H groups in total. The molecule has 1 heterocycles. The first-order valence-electron chi connectivity index (χ1n) is 8.05. The van der Waals surface area contributed by atoms with Crippen molar-refractivity contribution >= 4 is 58.5 Å². The van der Waals surface area contributed by atoms with Crippen LogP contribution < -0.4 is 15.4 Å². The fourth-order valence-electron chi connectivity index (χ4n) is 2.49. The molecule has 1 aliphatic rings. The van der Waals surface area contributed by atoms with Crippen LogP contribution in [0.2, 0.25) is 10.0 Å². The van der Waals surface area contributed by atoms with Crippen molar-refractivity contribution in [3.05, 3.63) is 71.7 Å². The van der Waals surface area contributed by atoms with Gasteiger partial charge in [-0.05, 0) is 29.8 Å². The van der Waals surface area contributed by atoms with Gasteiger partial charge in [-0.2, -0.15) is 0 Å².